The van der Waals surface area contributed by atoms with Gasteiger partial charge in [-0.15, -0.1) is 0 Å². The van der Waals surface area contributed by atoms with Gasteiger partial charge in [0.05, 0.1) is 18.0 Å². The Morgan fingerprint density at radius 2 is 1.79 bits per heavy atom. The van der Waals surface area contributed by atoms with E-state index in [-0.39, 0.29) is 16.8 Å². The van der Waals surface area contributed by atoms with Gasteiger partial charge in [0, 0.05) is 5.56 Å². The van der Waals surface area contributed by atoms with E-state index in [0.717, 1.165) is 56.1 Å². The highest BCUT2D eigenvalue weighted by molar-refractivity contribution is 8.14. The van der Waals surface area contributed by atoms with Gasteiger partial charge in [-0.3, -0.25) is 4.99 Å². The quantitative estimate of drug-likeness (QED) is 0.443. The molecule has 2 aliphatic rings. The van der Waals surface area contributed by atoms with Crippen LogP contribution in [0.1, 0.15) is 37.7 Å². The first-order chi connectivity index (χ1) is 13.1. The van der Waals surface area contributed by atoms with Crippen LogP contribution in [0.25, 0.3) is 0 Å². The third kappa shape index (κ3) is 3.86. The monoisotopic (exact) mass is 419 g/mol. The highest BCUT2D eigenvalue weighted by Gasteiger charge is 2.63. The molecule has 154 valence electrons. The largest absolute Gasteiger partial charge is 0.504 e. The van der Waals surface area contributed by atoms with E-state index in [1.54, 1.807) is 0 Å². The van der Waals surface area contributed by atoms with Crippen molar-refractivity contribution in [3.8, 4) is 17.2 Å². The van der Waals surface area contributed by atoms with E-state index < -0.39 is 34.9 Å². The van der Waals surface area contributed by atoms with Crippen molar-refractivity contribution in [2.24, 2.45) is 10.1 Å². The first-order valence-electron chi connectivity index (χ1n) is 8.71. The highest BCUT2D eigenvalue weighted by atomic mass is 32.2. The molecule has 0 aromatic heterocycles. The number of amidine groups is 1. The molecule has 1 saturated heterocycles. The maximum atomic E-state index is 13.5. The highest BCUT2D eigenvalue weighted by Crippen LogP contribution is 2.44. The molecule has 1 unspecified atom stereocenters. The van der Waals surface area contributed by atoms with Gasteiger partial charge in [0.25, 0.3) is 5.72 Å². The predicted molar refractivity (Wildman–Crippen MR) is 98.6 cm³/mol. The molecule has 1 saturated carbocycles. The van der Waals surface area contributed by atoms with Crippen molar-refractivity contribution in [1.82, 2.24) is 5.01 Å². The average Bonchev–Trinajstić information content (AvgIpc) is 2.97. The van der Waals surface area contributed by atoms with Gasteiger partial charge in [0.1, 0.15) is 0 Å². The van der Waals surface area contributed by atoms with Crippen LogP contribution >= 0.6 is 11.8 Å². The Morgan fingerprint density at radius 3 is 2.43 bits per heavy atom. The van der Waals surface area contributed by atoms with Gasteiger partial charge in [-0.05, 0) is 25.0 Å². The summed E-state index contributed by atoms with van der Waals surface area (Å²) >= 11 is 0.763. The maximum absolute atomic E-state index is 13.5. The summed E-state index contributed by atoms with van der Waals surface area (Å²) in [6, 6.07) is 2.10. The van der Waals surface area contributed by atoms with Crippen molar-refractivity contribution in [1.29, 1.82) is 0 Å². The summed E-state index contributed by atoms with van der Waals surface area (Å²) in [6.45, 7) is 0. The van der Waals surface area contributed by atoms with Crippen LogP contribution in [0.5, 0.6) is 17.2 Å². The molecular weight excluding hydrogens is 399 g/mol. The fraction of sp³-hybridized carbons (Fsp3) is 0.529. The summed E-state index contributed by atoms with van der Waals surface area (Å²) in [7, 11) is 0. The van der Waals surface area contributed by atoms with Gasteiger partial charge in [-0.1, -0.05) is 31.0 Å². The number of hydrogen-bond donors (Lipinski definition) is 4. The van der Waals surface area contributed by atoms with Crippen molar-refractivity contribution in [2.75, 3.05) is 5.75 Å². The number of alkyl halides is 3. The third-order valence-corrected chi connectivity index (χ3v) is 5.81. The van der Waals surface area contributed by atoms with Gasteiger partial charge in [0.2, 0.25) is 5.75 Å². The molecule has 0 spiro atoms. The molecule has 0 bridgehead atoms. The Hall–Kier alpha value is -2.14. The second-order valence-corrected chi connectivity index (χ2v) is 7.68. The van der Waals surface area contributed by atoms with E-state index in [0.29, 0.717) is 5.01 Å². The van der Waals surface area contributed by atoms with E-state index in [1.165, 1.54) is 6.07 Å². The second-order valence-electron chi connectivity index (χ2n) is 6.73. The average molecular weight is 419 g/mol. The number of hydrazone groups is 1. The number of phenols is 3. The molecular formula is C17H20F3N3O4S. The van der Waals surface area contributed by atoms with E-state index >= 15 is 0 Å². The number of rotatable bonds is 3. The number of hydrogen-bond acceptors (Lipinski definition) is 7. The molecule has 3 rings (SSSR count). The summed E-state index contributed by atoms with van der Waals surface area (Å²) in [5, 5.41) is 43.1. The minimum atomic E-state index is -4.99. The van der Waals surface area contributed by atoms with Crippen LogP contribution in [0.15, 0.2) is 22.2 Å². The van der Waals surface area contributed by atoms with Gasteiger partial charge in [0.15, 0.2) is 16.7 Å². The van der Waals surface area contributed by atoms with Crippen LogP contribution in [-0.2, 0) is 0 Å². The number of aliphatic hydroxyl groups is 1. The Kier molecular flexibility index (Phi) is 5.67. The van der Waals surface area contributed by atoms with Crippen LogP contribution in [0.3, 0.4) is 0 Å². The summed E-state index contributed by atoms with van der Waals surface area (Å²) in [5.41, 5.74) is -3.37. The number of aliphatic imine (C=N–C) groups is 1. The van der Waals surface area contributed by atoms with Crippen LogP contribution in [-0.4, -0.2) is 60.5 Å². The molecule has 0 amide bonds. The Labute approximate surface area is 163 Å². The SMILES string of the molecule is Oc1ccc(/C=N/N2/C(=N/C3CCCCC3)SCC2(O)C(F)(F)F)c(O)c1O. The van der Waals surface area contributed by atoms with Gasteiger partial charge in [-0.2, -0.15) is 18.3 Å². The maximum Gasteiger partial charge on any atom is 0.439 e. The molecule has 28 heavy (non-hydrogen) atoms. The summed E-state index contributed by atoms with van der Waals surface area (Å²) in [4.78, 5) is 4.37. The number of thioether (sulfide) groups is 1. The molecule has 1 aromatic rings. The van der Waals surface area contributed by atoms with Gasteiger partial charge >= 0.3 is 6.18 Å². The van der Waals surface area contributed by atoms with E-state index in [4.69, 9.17) is 0 Å². The molecule has 2 fully saturated rings. The lowest BCUT2D eigenvalue weighted by atomic mass is 9.96. The molecule has 1 heterocycles. The summed E-state index contributed by atoms with van der Waals surface area (Å²) < 4.78 is 40.5. The van der Waals surface area contributed by atoms with Crippen LogP contribution in [0.4, 0.5) is 13.2 Å². The van der Waals surface area contributed by atoms with Crippen molar-refractivity contribution >= 4 is 23.1 Å². The second kappa shape index (κ2) is 7.70. The van der Waals surface area contributed by atoms with Crippen molar-refractivity contribution < 1.29 is 33.6 Å². The minimum Gasteiger partial charge on any atom is -0.504 e. The minimum absolute atomic E-state index is 0.0505. The van der Waals surface area contributed by atoms with Crippen molar-refractivity contribution in [3.63, 3.8) is 0 Å². The Bertz CT molecular complexity index is 797. The zero-order valence-corrected chi connectivity index (χ0v) is 15.5. The fourth-order valence-electron chi connectivity index (χ4n) is 3.06. The molecule has 1 aromatic carbocycles. The lowest BCUT2D eigenvalue weighted by Gasteiger charge is -2.32. The van der Waals surface area contributed by atoms with Crippen molar-refractivity contribution in [2.45, 2.75) is 50.0 Å². The molecule has 4 N–H and O–H groups in total. The first-order valence-corrected chi connectivity index (χ1v) is 9.70. The molecule has 1 atom stereocenters. The van der Waals surface area contributed by atoms with E-state index in [1.807, 2.05) is 0 Å². The molecule has 0 radical (unpaired) electrons. The zero-order valence-electron chi connectivity index (χ0n) is 14.7. The topological polar surface area (TPSA) is 109 Å². The summed E-state index contributed by atoms with van der Waals surface area (Å²) in [5.74, 6) is -2.83. The molecule has 1 aliphatic heterocycles. The van der Waals surface area contributed by atoms with Crippen LogP contribution in [0.2, 0.25) is 0 Å². The van der Waals surface area contributed by atoms with Gasteiger partial charge < -0.3 is 20.4 Å². The summed E-state index contributed by atoms with van der Waals surface area (Å²) in [6.07, 6.45) is 0.358. The van der Waals surface area contributed by atoms with E-state index in [9.17, 15) is 33.6 Å². The van der Waals surface area contributed by atoms with E-state index in [2.05, 4.69) is 10.1 Å². The number of halogens is 3. The fourth-order valence-corrected chi connectivity index (χ4v) is 4.22. The predicted octanol–water partition coefficient (Wildman–Crippen LogP) is 3.13. The molecule has 11 heteroatoms. The number of phenolic OH excluding ortho intramolecular Hbond substituents is 3. The lowest BCUT2D eigenvalue weighted by molar-refractivity contribution is -0.289. The standard InChI is InChI=1S/C17H20F3N3O4S/c18-17(19,20)16(27)9-28-15(22-11-4-2-1-3-5-11)23(16)21-8-10-6-7-12(24)14(26)13(10)25/h6-8,11,24-27H,1-5,9H2/b21-8+,22-15-. The first kappa shape index (κ1) is 20.6. The van der Waals surface area contributed by atoms with Crippen molar-refractivity contribution in [3.05, 3.63) is 17.7 Å². The number of benzene rings is 1. The number of aromatic hydroxyl groups is 3. The molecule has 7 nitrogen and oxygen atoms in total. The normalized spacial score (nSPS) is 25.9. The lowest BCUT2D eigenvalue weighted by Crippen LogP contribution is -2.56. The smallest absolute Gasteiger partial charge is 0.439 e. The Morgan fingerprint density at radius 1 is 1.11 bits per heavy atom. The van der Waals surface area contributed by atoms with Gasteiger partial charge in [-0.25, -0.2) is 5.01 Å². The zero-order chi connectivity index (χ0) is 20.5. The van der Waals surface area contributed by atoms with Crippen LogP contribution < -0.4 is 0 Å². The van der Waals surface area contributed by atoms with Crippen LogP contribution in [0, 0.1) is 0 Å². The Balaban J connectivity index is 1.95. The number of nitrogens with zero attached hydrogens (tertiary/aromatic N) is 3. The molecule has 1 aliphatic carbocycles. The third-order valence-electron chi connectivity index (χ3n) is 4.73.